The van der Waals surface area contributed by atoms with Gasteiger partial charge in [0.05, 0.1) is 5.69 Å². The predicted molar refractivity (Wildman–Crippen MR) is 52.5 cm³/mol. The molecule has 0 saturated carbocycles. The van der Waals surface area contributed by atoms with Gasteiger partial charge in [0, 0.05) is 24.2 Å². The van der Waals surface area contributed by atoms with Gasteiger partial charge in [-0.1, -0.05) is 0 Å². The van der Waals surface area contributed by atoms with Crippen molar-refractivity contribution in [1.82, 2.24) is 9.78 Å². The summed E-state index contributed by atoms with van der Waals surface area (Å²) in [5.41, 5.74) is 8.31. The minimum atomic E-state index is -0.143. The lowest BCUT2D eigenvalue weighted by Crippen LogP contribution is -2.34. The second kappa shape index (κ2) is 2.84. The molecule has 0 amide bonds. The van der Waals surface area contributed by atoms with Crippen molar-refractivity contribution in [2.24, 2.45) is 5.73 Å². The number of hydrogen-bond acceptors (Lipinski definition) is 2. The van der Waals surface area contributed by atoms with E-state index in [9.17, 15) is 0 Å². The van der Waals surface area contributed by atoms with Crippen molar-refractivity contribution >= 4 is 0 Å². The van der Waals surface area contributed by atoms with Crippen molar-refractivity contribution in [3.63, 3.8) is 0 Å². The molecule has 2 heterocycles. The molecule has 13 heavy (non-hydrogen) atoms. The topological polar surface area (TPSA) is 43.8 Å². The Balaban J connectivity index is 2.15. The molecule has 3 nitrogen and oxygen atoms in total. The lowest BCUT2D eigenvalue weighted by molar-refractivity contribution is 0.503. The second-order valence-corrected chi connectivity index (χ2v) is 4.62. The zero-order chi connectivity index (χ0) is 9.47. The van der Waals surface area contributed by atoms with Crippen LogP contribution in [0.3, 0.4) is 0 Å². The van der Waals surface area contributed by atoms with Crippen LogP contribution in [0.1, 0.15) is 31.7 Å². The summed E-state index contributed by atoms with van der Waals surface area (Å²) in [6.45, 7) is 5.16. The summed E-state index contributed by atoms with van der Waals surface area (Å²) in [7, 11) is 0. The van der Waals surface area contributed by atoms with Gasteiger partial charge in [0.25, 0.3) is 0 Å². The largest absolute Gasteiger partial charge is 0.325 e. The first-order chi connectivity index (χ1) is 6.04. The lowest BCUT2D eigenvalue weighted by atomic mass is 10.00. The van der Waals surface area contributed by atoms with Gasteiger partial charge in [0.1, 0.15) is 0 Å². The fraction of sp³-hybridized carbons (Fsp3) is 0.700. The quantitative estimate of drug-likeness (QED) is 0.739. The van der Waals surface area contributed by atoms with Crippen molar-refractivity contribution < 1.29 is 0 Å². The third kappa shape index (κ3) is 1.91. The molecule has 0 aromatic carbocycles. The normalized spacial score (nSPS) is 16.2. The zero-order valence-electron chi connectivity index (χ0n) is 8.38. The second-order valence-electron chi connectivity index (χ2n) is 4.62. The van der Waals surface area contributed by atoms with Crippen LogP contribution in [0.4, 0.5) is 0 Å². The van der Waals surface area contributed by atoms with Crippen LogP contribution in [0, 0.1) is 0 Å². The maximum atomic E-state index is 5.94. The van der Waals surface area contributed by atoms with E-state index in [1.165, 1.54) is 18.5 Å². The molecule has 0 bridgehead atoms. The van der Waals surface area contributed by atoms with Crippen LogP contribution in [-0.4, -0.2) is 15.3 Å². The number of aryl methyl sites for hydroxylation is 2. The number of aromatic nitrogens is 2. The molecule has 1 aliphatic heterocycles. The highest BCUT2D eigenvalue weighted by Crippen LogP contribution is 2.17. The van der Waals surface area contributed by atoms with Gasteiger partial charge in [-0.3, -0.25) is 4.68 Å². The number of rotatable bonds is 2. The van der Waals surface area contributed by atoms with Gasteiger partial charge in [0.15, 0.2) is 0 Å². The van der Waals surface area contributed by atoms with Crippen molar-refractivity contribution in [3.05, 3.63) is 17.5 Å². The lowest BCUT2D eigenvalue weighted by Gasteiger charge is -2.16. The molecule has 2 rings (SSSR count). The Morgan fingerprint density at radius 3 is 3.00 bits per heavy atom. The van der Waals surface area contributed by atoms with E-state index >= 15 is 0 Å². The molecule has 0 spiro atoms. The van der Waals surface area contributed by atoms with Crippen LogP contribution in [0.15, 0.2) is 6.07 Å². The maximum Gasteiger partial charge on any atom is 0.0645 e. The average molecular weight is 179 g/mol. The molecule has 2 N–H and O–H groups in total. The minimum Gasteiger partial charge on any atom is -0.325 e. The van der Waals surface area contributed by atoms with Crippen LogP contribution in [0.25, 0.3) is 0 Å². The summed E-state index contributed by atoms with van der Waals surface area (Å²) in [6, 6.07) is 2.20. The van der Waals surface area contributed by atoms with Crippen molar-refractivity contribution in [2.75, 3.05) is 0 Å². The molecule has 0 radical (unpaired) electrons. The standard InChI is InChI=1S/C10H17N3/c1-10(2,11)7-8-6-9-4-3-5-13(9)12-8/h6H,3-5,7,11H2,1-2H3. The summed E-state index contributed by atoms with van der Waals surface area (Å²) >= 11 is 0. The third-order valence-electron chi connectivity index (χ3n) is 2.35. The van der Waals surface area contributed by atoms with Crippen LogP contribution in [0.2, 0.25) is 0 Å². The number of fused-ring (bicyclic) bond motifs is 1. The van der Waals surface area contributed by atoms with Gasteiger partial charge in [-0.25, -0.2) is 0 Å². The van der Waals surface area contributed by atoms with Crippen molar-refractivity contribution in [2.45, 2.75) is 45.2 Å². The van der Waals surface area contributed by atoms with Crippen LogP contribution in [-0.2, 0) is 19.4 Å². The van der Waals surface area contributed by atoms with E-state index in [2.05, 4.69) is 15.8 Å². The van der Waals surface area contributed by atoms with E-state index in [1.807, 2.05) is 13.8 Å². The molecule has 0 saturated heterocycles. The van der Waals surface area contributed by atoms with Crippen molar-refractivity contribution in [3.8, 4) is 0 Å². The molecule has 72 valence electrons. The molecule has 0 unspecified atom stereocenters. The van der Waals surface area contributed by atoms with E-state index in [4.69, 9.17) is 5.73 Å². The molecular weight excluding hydrogens is 162 g/mol. The summed E-state index contributed by atoms with van der Waals surface area (Å²) in [5, 5.41) is 4.51. The molecule has 1 aliphatic rings. The van der Waals surface area contributed by atoms with Crippen molar-refractivity contribution in [1.29, 1.82) is 0 Å². The summed E-state index contributed by atoms with van der Waals surface area (Å²) in [4.78, 5) is 0. The Labute approximate surface area is 78.9 Å². The molecule has 0 fully saturated rings. The van der Waals surface area contributed by atoms with Gasteiger partial charge in [-0.2, -0.15) is 5.10 Å². The number of nitrogens with zero attached hydrogens (tertiary/aromatic N) is 2. The van der Waals surface area contributed by atoms with Gasteiger partial charge >= 0.3 is 0 Å². The first-order valence-electron chi connectivity index (χ1n) is 4.89. The highest BCUT2D eigenvalue weighted by Gasteiger charge is 2.18. The van der Waals surface area contributed by atoms with E-state index < -0.39 is 0 Å². The van der Waals surface area contributed by atoms with Gasteiger partial charge in [-0.05, 0) is 32.8 Å². The number of nitrogens with two attached hydrogens (primary N) is 1. The van der Waals surface area contributed by atoms with Gasteiger partial charge < -0.3 is 5.73 Å². The SMILES string of the molecule is CC(C)(N)Cc1cc2n(n1)CCC2. The highest BCUT2D eigenvalue weighted by atomic mass is 15.3. The smallest absolute Gasteiger partial charge is 0.0645 e. The minimum absolute atomic E-state index is 0.143. The Kier molecular flexibility index (Phi) is 1.91. The molecular formula is C10H17N3. The van der Waals surface area contributed by atoms with E-state index in [0.717, 1.165) is 18.7 Å². The number of hydrogen-bond donors (Lipinski definition) is 1. The van der Waals surface area contributed by atoms with E-state index in [0.29, 0.717) is 0 Å². The van der Waals surface area contributed by atoms with Crippen LogP contribution >= 0.6 is 0 Å². The summed E-state index contributed by atoms with van der Waals surface area (Å²) in [6.07, 6.45) is 3.29. The molecule has 0 aliphatic carbocycles. The monoisotopic (exact) mass is 179 g/mol. The molecule has 3 heteroatoms. The zero-order valence-corrected chi connectivity index (χ0v) is 8.38. The Morgan fingerprint density at radius 1 is 1.62 bits per heavy atom. The Bertz CT molecular complexity index is 285. The third-order valence-corrected chi connectivity index (χ3v) is 2.35. The maximum absolute atomic E-state index is 5.94. The fourth-order valence-corrected chi connectivity index (χ4v) is 1.87. The first kappa shape index (κ1) is 8.75. The van der Waals surface area contributed by atoms with E-state index in [1.54, 1.807) is 0 Å². The summed E-state index contributed by atoms with van der Waals surface area (Å²) in [5.74, 6) is 0. The van der Waals surface area contributed by atoms with Gasteiger partial charge in [-0.15, -0.1) is 0 Å². The Hall–Kier alpha value is -0.830. The molecule has 0 atom stereocenters. The molecule has 1 aromatic rings. The van der Waals surface area contributed by atoms with Crippen LogP contribution < -0.4 is 5.73 Å². The average Bonchev–Trinajstić information content (AvgIpc) is 2.40. The molecule has 1 aromatic heterocycles. The van der Waals surface area contributed by atoms with Crippen LogP contribution in [0.5, 0.6) is 0 Å². The van der Waals surface area contributed by atoms with Gasteiger partial charge in [0.2, 0.25) is 0 Å². The first-order valence-corrected chi connectivity index (χ1v) is 4.89. The van der Waals surface area contributed by atoms with E-state index in [-0.39, 0.29) is 5.54 Å². The fourth-order valence-electron chi connectivity index (χ4n) is 1.87. The predicted octanol–water partition coefficient (Wildman–Crippen LogP) is 1.11. The highest BCUT2D eigenvalue weighted by molar-refractivity contribution is 5.14. The summed E-state index contributed by atoms with van der Waals surface area (Å²) < 4.78 is 2.11. The Morgan fingerprint density at radius 2 is 2.38 bits per heavy atom.